The van der Waals surface area contributed by atoms with Crippen LogP contribution in [0, 0.1) is 5.82 Å². The maximum atomic E-state index is 13.2. The van der Waals surface area contributed by atoms with E-state index in [2.05, 4.69) is 26.2 Å². The monoisotopic (exact) mass is 321 g/mol. The molecule has 0 saturated carbocycles. The summed E-state index contributed by atoms with van der Waals surface area (Å²) in [5.74, 6) is -0.451. The molecule has 0 unspecified atom stereocenters. The molecule has 0 aliphatic rings. The van der Waals surface area contributed by atoms with E-state index in [9.17, 15) is 12.8 Å². The maximum absolute atomic E-state index is 13.2. The normalized spacial score (nSPS) is 12.2. The molecule has 1 heterocycles. The summed E-state index contributed by atoms with van der Waals surface area (Å²) in [5, 5.41) is 7.57. The Balaban J connectivity index is 2.39. The fraction of sp³-hybridized carbons (Fsp3) is 0.333. The molecule has 0 N–H and O–H groups in total. The van der Waals surface area contributed by atoms with Crippen LogP contribution in [0.3, 0.4) is 0 Å². The highest BCUT2D eigenvalue weighted by Crippen LogP contribution is 2.21. The van der Waals surface area contributed by atoms with E-state index in [0.717, 1.165) is 6.26 Å². The first kappa shape index (κ1) is 12.4. The van der Waals surface area contributed by atoms with Crippen molar-refractivity contribution in [2.24, 2.45) is 0 Å². The largest absolute Gasteiger partial charge is 0.244 e. The molecule has 0 atom stereocenters. The van der Waals surface area contributed by atoms with Gasteiger partial charge in [-0.2, -0.15) is 0 Å². The molecule has 1 aromatic carbocycles. The number of benzene rings is 1. The Morgan fingerprint density at radius 3 is 2.82 bits per heavy atom. The Kier molecular flexibility index (Phi) is 3.17. The van der Waals surface area contributed by atoms with Crippen LogP contribution in [0.4, 0.5) is 4.39 Å². The van der Waals surface area contributed by atoms with Crippen LogP contribution in [0.2, 0.25) is 0 Å². The van der Waals surface area contributed by atoms with Crippen molar-refractivity contribution in [1.82, 2.24) is 15.0 Å². The van der Waals surface area contributed by atoms with Crippen molar-refractivity contribution in [3.8, 4) is 0 Å². The van der Waals surface area contributed by atoms with Gasteiger partial charge in [0.2, 0.25) is 0 Å². The molecule has 0 saturated heterocycles. The quantitative estimate of drug-likeness (QED) is 0.856. The average molecular weight is 322 g/mol. The fourth-order valence-corrected chi connectivity index (χ4v) is 2.22. The van der Waals surface area contributed by atoms with Crippen molar-refractivity contribution < 1.29 is 12.8 Å². The molecular formula is C9H9BrFN3O2S. The van der Waals surface area contributed by atoms with Gasteiger partial charge in [0, 0.05) is 12.3 Å². The summed E-state index contributed by atoms with van der Waals surface area (Å²) in [6.45, 7) is 0.202. The Bertz CT molecular complexity index is 668. The van der Waals surface area contributed by atoms with Crippen LogP contribution in [-0.2, 0) is 16.4 Å². The van der Waals surface area contributed by atoms with Gasteiger partial charge in [-0.1, -0.05) is 5.21 Å². The molecule has 1 aromatic heterocycles. The van der Waals surface area contributed by atoms with Crippen molar-refractivity contribution in [3.63, 3.8) is 0 Å². The standard InChI is InChI=1S/C9H9BrFN3O2S/c1-17(15,16)3-2-14-9-4-6(10)7(11)5-8(9)12-13-14/h4-5H,2-3H2,1H3. The molecule has 2 aromatic rings. The second kappa shape index (κ2) is 4.34. The Hall–Kier alpha value is -1.02. The van der Waals surface area contributed by atoms with Crippen LogP contribution in [0.25, 0.3) is 11.0 Å². The average Bonchev–Trinajstić information content (AvgIpc) is 2.57. The van der Waals surface area contributed by atoms with E-state index in [4.69, 9.17) is 0 Å². The van der Waals surface area contributed by atoms with Crippen molar-refractivity contribution in [3.05, 3.63) is 22.4 Å². The molecule has 0 fully saturated rings. The number of hydrogen-bond acceptors (Lipinski definition) is 4. The zero-order chi connectivity index (χ0) is 12.6. The second-order valence-corrected chi connectivity index (χ2v) is 6.81. The number of aromatic nitrogens is 3. The lowest BCUT2D eigenvalue weighted by Crippen LogP contribution is -2.12. The number of rotatable bonds is 3. The van der Waals surface area contributed by atoms with E-state index in [-0.39, 0.29) is 12.3 Å². The van der Waals surface area contributed by atoms with E-state index in [1.54, 1.807) is 0 Å². The SMILES string of the molecule is CS(=O)(=O)CCn1nnc2cc(F)c(Br)cc21. The van der Waals surface area contributed by atoms with E-state index in [1.807, 2.05) is 0 Å². The first-order valence-electron chi connectivity index (χ1n) is 4.73. The van der Waals surface area contributed by atoms with Crippen LogP contribution in [0.15, 0.2) is 16.6 Å². The zero-order valence-corrected chi connectivity index (χ0v) is 11.3. The summed E-state index contributed by atoms with van der Waals surface area (Å²) >= 11 is 3.06. The first-order chi connectivity index (χ1) is 7.87. The van der Waals surface area contributed by atoms with E-state index in [0.29, 0.717) is 15.5 Å². The van der Waals surface area contributed by atoms with E-state index >= 15 is 0 Å². The third kappa shape index (κ3) is 2.81. The molecule has 0 aliphatic heterocycles. The van der Waals surface area contributed by atoms with Gasteiger partial charge >= 0.3 is 0 Å². The van der Waals surface area contributed by atoms with E-state index in [1.165, 1.54) is 16.8 Å². The summed E-state index contributed by atoms with van der Waals surface area (Å²) in [6.07, 6.45) is 1.15. The predicted octanol–water partition coefficient (Wildman–Crippen LogP) is 1.38. The number of sulfone groups is 1. The summed E-state index contributed by atoms with van der Waals surface area (Å²) in [7, 11) is -3.06. The Morgan fingerprint density at radius 2 is 2.18 bits per heavy atom. The molecule has 8 heteroatoms. The van der Waals surface area contributed by atoms with Gasteiger partial charge in [-0.15, -0.1) is 5.10 Å². The molecule has 2 rings (SSSR count). The van der Waals surface area contributed by atoms with Crippen LogP contribution in [-0.4, -0.2) is 35.4 Å². The molecule has 0 radical (unpaired) electrons. The molecule has 0 aliphatic carbocycles. The summed E-state index contributed by atoms with van der Waals surface area (Å²) in [4.78, 5) is 0. The predicted molar refractivity (Wildman–Crippen MR) is 64.9 cm³/mol. The third-order valence-electron chi connectivity index (χ3n) is 2.23. The molecule has 17 heavy (non-hydrogen) atoms. The zero-order valence-electron chi connectivity index (χ0n) is 8.89. The first-order valence-corrected chi connectivity index (χ1v) is 7.58. The van der Waals surface area contributed by atoms with Crippen LogP contribution < -0.4 is 0 Å². The van der Waals surface area contributed by atoms with Gasteiger partial charge in [0.15, 0.2) is 0 Å². The Labute approximate surface area is 106 Å². The van der Waals surface area contributed by atoms with Gasteiger partial charge in [-0.3, -0.25) is 0 Å². The molecule has 92 valence electrons. The maximum Gasteiger partial charge on any atom is 0.149 e. The van der Waals surface area contributed by atoms with Crippen molar-refractivity contribution in [2.75, 3.05) is 12.0 Å². The van der Waals surface area contributed by atoms with Crippen LogP contribution in [0.1, 0.15) is 0 Å². The van der Waals surface area contributed by atoms with Gasteiger partial charge in [0.05, 0.1) is 22.3 Å². The number of aryl methyl sites for hydroxylation is 1. The van der Waals surface area contributed by atoms with Gasteiger partial charge in [0.25, 0.3) is 0 Å². The van der Waals surface area contributed by atoms with Crippen molar-refractivity contribution in [2.45, 2.75) is 6.54 Å². The molecule has 5 nitrogen and oxygen atoms in total. The molecule has 0 amide bonds. The summed E-state index contributed by atoms with van der Waals surface area (Å²) < 4.78 is 37.1. The van der Waals surface area contributed by atoms with Gasteiger partial charge < -0.3 is 0 Å². The fourth-order valence-electron chi connectivity index (χ4n) is 1.38. The summed E-state index contributed by atoms with van der Waals surface area (Å²) in [6, 6.07) is 2.79. The minimum atomic E-state index is -3.06. The minimum Gasteiger partial charge on any atom is -0.244 e. The second-order valence-electron chi connectivity index (χ2n) is 3.70. The van der Waals surface area contributed by atoms with E-state index < -0.39 is 15.7 Å². The molecule has 0 spiro atoms. The van der Waals surface area contributed by atoms with Crippen LogP contribution >= 0.6 is 15.9 Å². The molecule has 0 bridgehead atoms. The summed E-state index contributed by atoms with van der Waals surface area (Å²) in [5.41, 5.74) is 1.00. The van der Waals surface area contributed by atoms with Gasteiger partial charge in [0.1, 0.15) is 21.2 Å². The highest BCUT2D eigenvalue weighted by Gasteiger charge is 2.10. The Morgan fingerprint density at radius 1 is 1.47 bits per heavy atom. The highest BCUT2D eigenvalue weighted by molar-refractivity contribution is 9.10. The molecular weight excluding hydrogens is 313 g/mol. The van der Waals surface area contributed by atoms with Crippen molar-refractivity contribution in [1.29, 1.82) is 0 Å². The third-order valence-corrected chi connectivity index (χ3v) is 3.76. The van der Waals surface area contributed by atoms with Gasteiger partial charge in [-0.25, -0.2) is 17.5 Å². The topological polar surface area (TPSA) is 64.8 Å². The lowest BCUT2D eigenvalue weighted by Gasteiger charge is -2.01. The minimum absolute atomic E-state index is 0.0273. The van der Waals surface area contributed by atoms with Crippen LogP contribution in [0.5, 0.6) is 0 Å². The van der Waals surface area contributed by atoms with Gasteiger partial charge in [-0.05, 0) is 22.0 Å². The smallest absolute Gasteiger partial charge is 0.149 e. The number of fused-ring (bicyclic) bond motifs is 1. The highest BCUT2D eigenvalue weighted by atomic mass is 79.9. The van der Waals surface area contributed by atoms with Crippen molar-refractivity contribution >= 4 is 36.8 Å². The number of halogens is 2. The number of hydrogen-bond donors (Lipinski definition) is 0. The number of nitrogens with zero attached hydrogens (tertiary/aromatic N) is 3. The lowest BCUT2D eigenvalue weighted by atomic mass is 10.3. The lowest BCUT2D eigenvalue weighted by molar-refractivity contribution is 0.584.